The van der Waals surface area contributed by atoms with Crippen molar-refractivity contribution in [3.05, 3.63) is 99.3 Å². The largest absolute Gasteiger partial charge is 0.501 e. The van der Waals surface area contributed by atoms with Gasteiger partial charge in [0.05, 0.1) is 12.2 Å². The van der Waals surface area contributed by atoms with Gasteiger partial charge in [0.2, 0.25) is 11.7 Å². The van der Waals surface area contributed by atoms with E-state index in [-0.39, 0.29) is 11.6 Å². The van der Waals surface area contributed by atoms with Gasteiger partial charge in [0.1, 0.15) is 12.0 Å². The molecule has 0 aliphatic heterocycles. The Morgan fingerprint density at radius 2 is 1.88 bits per heavy atom. The van der Waals surface area contributed by atoms with Gasteiger partial charge < -0.3 is 19.8 Å². The lowest BCUT2D eigenvalue weighted by molar-refractivity contribution is 0.101. The molecule has 2 aromatic heterocycles. The topological polar surface area (TPSA) is 113 Å². The molecule has 2 aromatic carbocycles. The first-order valence-electron chi connectivity index (χ1n) is 9.91. The molecule has 0 spiro atoms. The van der Waals surface area contributed by atoms with E-state index in [1.807, 2.05) is 48.5 Å². The molecule has 33 heavy (non-hydrogen) atoms. The predicted octanol–water partition coefficient (Wildman–Crippen LogP) is 3.61. The van der Waals surface area contributed by atoms with Gasteiger partial charge in [-0.05, 0) is 17.2 Å². The van der Waals surface area contributed by atoms with Gasteiger partial charge in [-0.15, -0.1) is 0 Å². The van der Waals surface area contributed by atoms with Crippen molar-refractivity contribution in [3.8, 4) is 5.75 Å². The van der Waals surface area contributed by atoms with E-state index in [9.17, 15) is 14.7 Å². The first-order valence-corrected chi connectivity index (χ1v) is 10.3. The van der Waals surface area contributed by atoms with E-state index in [1.165, 1.54) is 24.1 Å². The number of nitrogens with one attached hydrogen (secondary N) is 1. The average molecular weight is 466 g/mol. The molecule has 1 amide bonds. The van der Waals surface area contributed by atoms with Crippen LogP contribution in [0.25, 0.3) is 0 Å². The number of hydrogen-bond donors (Lipinski definition) is 2. The third-order valence-corrected chi connectivity index (χ3v) is 5.51. The van der Waals surface area contributed by atoms with Crippen LogP contribution < -0.4 is 15.8 Å². The molecule has 0 saturated carbocycles. The number of anilines is 2. The molecule has 0 aliphatic carbocycles. The predicted molar refractivity (Wildman–Crippen MR) is 124 cm³/mol. The molecule has 1 unspecified atom stereocenters. The van der Waals surface area contributed by atoms with Gasteiger partial charge in [-0.25, -0.2) is 4.98 Å². The number of aromatic hydroxyl groups is 1. The van der Waals surface area contributed by atoms with Crippen LogP contribution in [-0.4, -0.2) is 32.8 Å². The van der Waals surface area contributed by atoms with Crippen molar-refractivity contribution >= 4 is 29.1 Å². The maximum Gasteiger partial charge on any atom is 0.297 e. The summed E-state index contributed by atoms with van der Waals surface area (Å²) in [6, 6.07) is 16.5. The molecule has 2 N–H and O–H groups in total. The molecule has 2 heterocycles. The van der Waals surface area contributed by atoms with E-state index < -0.39 is 29.0 Å². The Bertz CT molecular complexity index is 1340. The number of benzene rings is 2. The third-order valence-electron chi connectivity index (χ3n) is 5.17. The highest BCUT2D eigenvalue weighted by molar-refractivity contribution is 6.31. The van der Waals surface area contributed by atoms with Crippen LogP contribution in [0.3, 0.4) is 0 Å². The Morgan fingerprint density at radius 3 is 2.55 bits per heavy atom. The fourth-order valence-electron chi connectivity index (χ4n) is 3.57. The van der Waals surface area contributed by atoms with Gasteiger partial charge in [-0.3, -0.25) is 14.2 Å². The molecule has 4 aromatic rings. The molecule has 0 bridgehead atoms. The van der Waals surface area contributed by atoms with Crippen LogP contribution in [0.4, 0.5) is 11.6 Å². The zero-order valence-corrected chi connectivity index (χ0v) is 18.5. The minimum absolute atomic E-state index is 0.155. The summed E-state index contributed by atoms with van der Waals surface area (Å²) in [5.74, 6) is -1.39. The van der Waals surface area contributed by atoms with Crippen molar-refractivity contribution in [2.45, 2.75) is 6.04 Å². The smallest absolute Gasteiger partial charge is 0.297 e. The lowest BCUT2D eigenvalue weighted by atomic mass is 9.97. The third kappa shape index (κ3) is 4.31. The summed E-state index contributed by atoms with van der Waals surface area (Å²) in [7, 11) is 3.21. The van der Waals surface area contributed by atoms with E-state index in [1.54, 1.807) is 18.0 Å². The molecule has 4 rings (SSSR count). The summed E-state index contributed by atoms with van der Waals surface area (Å²) in [4.78, 5) is 31.6. The van der Waals surface area contributed by atoms with Gasteiger partial charge in [-0.2, -0.15) is 0 Å². The number of carbonyl (C=O) groups is 1. The molecule has 168 valence electrons. The molecule has 0 aliphatic rings. The lowest BCUT2D eigenvalue weighted by Gasteiger charge is -2.31. The summed E-state index contributed by atoms with van der Waals surface area (Å²) in [5, 5.41) is 16.9. The molecule has 0 radical (unpaired) electrons. The second-order valence-electron chi connectivity index (χ2n) is 7.29. The van der Waals surface area contributed by atoms with Crippen LogP contribution in [0.1, 0.15) is 27.7 Å². The minimum atomic E-state index is -0.781. The minimum Gasteiger partial charge on any atom is -0.501 e. The number of aromatic nitrogens is 3. The van der Waals surface area contributed by atoms with Crippen LogP contribution in [0, 0.1) is 0 Å². The second kappa shape index (κ2) is 9.17. The normalized spacial score (nSPS) is 11.7. The Balaban J connectivity index is 1.83. The SMILES string of the molecule is CN(c1nc(C(=O)Nc2cnoc2)c(O)c(=O)n1C)C(c1ccccc1)c1ccccc1Cl. The number of hydrogen-bond acceptors (Lipinski definition) is 7. The number of nitrogens with zero attached hydrogens (tertiary/aromatic N) is 4. The number of amides is 1. The maximum absolute atomic E-state index is 12.8. The van der Waals surface area contributed by atoms with E-state index in [4.69, 9.17) is 16.1 Å². The van der Waals surface area contributed by atoms with E-state index in [2.05, 4.69) is 15.5 Å². The standard InChI is InChI=1S/C23H20ClN5O4/c1-28(19(14-8-4-3-5-9-14)16-10-6-7-11-17(16)24)23-27-18(20(30)22(32)29(23)2)21(31)26-15-12-25-33-13-15/h3-13,19,30H,1-2H3,(H,26,31). The van der Waals surface area contributed by atoms with Crippen molar-refractivity contribution in [3.63, 3.8) is 0 Å². The summed E-state index contributed by atoms with van der Waals surface area (Å²) in [5.41, 5.74) is 0.743. The molecular formula is C23H20ClN5O4. The average Bonchev–Trinajstić information content (AvgIpc) is 3.32. The van der Waals surface area contributed by atoms with E-state index >= 15 is 0 Å². The summed E-state index contributed by atoms with van der Waals surface area (Å²) >= 11 is 6.52. The van der Waals surface area contributed by atoms with Crippen molar-refractivity contribution in [1.29, 1.82) is 0 Å². The maximum atomic E-state index is 12.8. The van der Waals surface area contributed by atoms with Crippen molar-refractivity contribution in [2.24, 2.45) is 7.05 Å². The van der Waals surface area contributed by atoms with Crippen molar-refractivity contribution in [2.75, 3.05) is 17.3 Å². The van der Waals surface area contributed by atoms with E-state index in [0.717, 1.165) is 11.1 Å². The molecule has 9 nitrogen and oxygen atoms in total. The summed E-state index contributed by atoms with van der Waals surface area (Å²) in [6.45, 7) is 0. The Morgan fingerprint density at radius 1 is 1.18 bits per heavy atom. The van der Waals surface area contributed by atoms with Crippen LogP contribution >= 0.6 is 11.6 Å². The first kappa shape index (κ1) is 22.1. The van der Waals surface area contributed by atoms with Crippen LogP contribution in [0.15, 0.2) is 76.4 Å². The molecule has 1 atom stereocenters. The molecule has 0 saturated heterocycles. The summed E-state index contributed by atoms with van der Waals surface area (Å²) in [6.07, 6.45) is 2.50. The fourth-order valence-corrected chi connectivity index (χ4v) is 3.81. The second-order valence-corrected chi connectivity index (χ2v) is 7.69. The Labute approximate surface area is 193 Å². The first-order chi connectivity index (χ1) is 15.9. The number of halogens is 1. The fraction of sp³-hybridized carbons (Fsp3) is 0.130. The molecular weight excluding hydrogens is 446 g/mol. The van der Waals surface area contributed by atoms with Gasteiger partial charge >= 0.3 is 0 Å². The Kier molecular flexibility index (Phi) is 6.14. The van der Waals surface area contributed by atoms with Gasteiger partial charge in [0, 0.05) is 19.1 Å². The number of carbonyl (C=O) groups excluding carboxylic acids is 1. The zero-order valence-electron chi connectivity index (χ0n) is 17.8. The lowest BCUT2D eigenvalue weighted by Crippen LogP contribution is -2.34. The zero-order chi connectivity index (χ0) is 23.5. The summed E-state index contributed by atoms with van der Waals surface area (Å²) < 4.78 is 5.87. The monoisotopic (exact) mass is 465 g/mol. The molecule has 0 fully saturated rings. The van der Waals surface area contributed by atoms with Crippen LogP contribution in [0.2, 0.25) is 5.02 Å². The highest BCUT2D eigenvalue weighted by Gasteiger charge is 2.28. The van der Waals surface area contributed by atoms with Crippen LogP contribution in [0.5, 0.6) is 5.75 Å². The highest BCUT2D eigenvalue weighted by Crippen LogP contribution is 2.34. The molecule has 10 heteroatoms. The van der Waals surface area contributed by atoms with E-state index in [0.29, 0.717) is 5.02 Å². The van der Waals surface area contributed by atoms with Crippen molar-refractivity contribution in [1.82, 2.24) is 14.7 Å². The van der Waals surface area contributed by atoms with Gasteiger partial charge in [0.15, 0.2) is 5.69 Å². The Hall–Kier alpha value is -4.11. The van der Waals surface area contributed by atoms with Crippen LogP contribution in [-0.2, 0) is 7.05 Å². The number of rotatable bonds is 6. The quantitative estimate of drug-likeness (QED) is 0.447. The van der Waals surface area contributed by atoms with Gasteiger partial charge in [0.25, 0.3) is 11.5 Å². The highest BCUT2D eigenvalue weighted by atomic mass is 35.5. The van der Waals surface area contributed by atoms with Crippen molar-refractivity contribution < 1.29 is 14.4 Å². The van der Waals surface area contributed by atoms with Gasteiger partial charge in [-0.1, -0.05) is 65.3 Å².